The highest BCUT2D eigenvalue weighted by Crippen LogP contribution is 2.38. The van der Waals surface area contributed by atoms with E-state index in [2.05, 4.69) is 28.6 Å². The Hall–Kier alpha value is -1.65. The summed E-state index contributed by atoms with van der Waals surface area (Å²) in [6, 6.07) is 12.2. The maximum atomic E-state index is 9.39. The fourth-order valence-electron chi connectivity index (χ4n) is 3.69. The molecule has 3 rings (SSSR count). The summed E-state index contributed by atoms with van der Waals surface area (Å²) in [5.41, 5.74) is 2.43. The molecule has 0 aliphatic heterocycles. The van der Waals surface area contributed by atoms with Crippen molar-refractivity contribution in [2.24, 2.45) is 5.41 Å². The van der Waals surface area contributed by atoms with Crippen LogP contribution in [-0.2, 0) is 6.54 Å². The fraction of sp³-hybridized carbons (Fsp3) is 0.526. The first kappa shape index (κ1) is 16.2. The zero-order valence-corrected chi connectivity index (χ0v) is 13.7. The van der Waals surface area contributed by atoms with Gasteiger partial charge >= 0.3 is 0 Å². The first-order valence-electron chi connectivity index (χ1n) is 8.73. The Bertz CT molecular complexity index is 582. The van der Waals surface area contributed by atoms with Crippen molar-refractivity contribution in [2.75, 3.05) is 13.2 Å². The largest absolute Gasteiger partial charge is 0.396 e. The van der Waals surface area contributed by atoms with Crippen LogP contribution in [0.5, 0.6) is 0 Å². The third-order valence-electron chi connectivity index (χ3n) is 5.03. The smallest absolute Gasteiger partial charge is 0.0766 e. The van der Waals surface area contributed by atoms with E-state index in [1.807, 2.05) is 29.1 Å². The standard InChI is InChI=1S/C19H27N3O/c23-14-12-19(10-5-2-6-11-19)16-20-15-17-9-13-22(21-17)18-7-3-1-4-8-18/h1,3-4,7-9,13,20,23H,2,5-6,10-12,14-16H2. The molecule has 124 valence electrons. The van der Waals surface area contributed by atoms with Crippen molar-refractivity contribution in [3.05, 3.63) is 48.3 Å². The van der Waals surface area contributed by atoms with E-state index < -0.39 is 0 Å². The molecule has 1 aliphatic rings. The minimum absolute atomic E-state index is 0.287. The van der Waals surface area contributed by atoms with Gasteiger partial charge in [0.1, 0.15) is 0 Å². The number of rotatable bonds is 7. The van der Waals surface area contributed by atoms with E-state index in [1.54, 1.807) is 0 Å². The predicted octanol–water partition coefficient (Wildman–Crippen LogP) is 3.29. The second-order valence-electron chi connectivity index (χ2n) is 6.73. The van der Waals surface area contributed by atoms with Gasteiger partial charge in [-0.2, -0.15) is 5.10 Å². The first-order chi connectivity index (χ1) is 11.3. The highest BCUT2D eigenvalue weighted by molar-refractivity contribution is 5.30. The summed E-state index contributed by atoms with van der Waals surface area (Å²) in [5, 5.41) is 17.6. The molecule has 1 aromatic heterocycles. The van der Waals surface area contributed by atoms with Gasteiger partial charge in [0.15, 0.2) is 0 Å². The number of nitrogens with one attached hydrogen (secondary N) is 1. The second-order valence-corrected chi connectivity index (χ2v) is 6.73. The molecule has 2 aromatic rings. The molecule has 0 radical (unpaired) electrons. The average molecular weight is 313 g/mol. The molecule has 1 fully saturated rings. The highest BCUT2D eigenvalue weighted by atomic mass is 16.3. The van der Waals surface area contributed by atoms with Crippen LogP contribution in [0.3, 0.4) is 0 Å². The Morgan fingerprint density at radius 3 is 2.61 bits per heavy atom. The van der Waals surface area contributed by atoms with Gasteiger partial charge in [0.25, 0.3) is 0 Å². The molecule has 0 bridgehead atoms. The third kappa shape index (κ3) is 4.21. The lowest BCUT2D eigenvalue weighted by atomic mass is 9.72. The van der Waals surface area contributed by atoms with Gasteiger partial charge in [0.05, 0.1) is 11.4 Å². The number of para-hydroxylation sites is 1. The van der Waals surface area contributed by atoms with Crippen molar-refractivity contribution in [3.8, 4) is 5.69 Å². The van der Waals surface area contributed by atoms with E-state index >= 15 is 0 Å². The van der Waals surface area contributed by atoms with Gasteiger partial charge < -0.3 is 10.4 Å². The van der Waals surface area contributed by atoms with Crippen molar-refractivity contribution in [1.82, 2.24) is 15.1 Å². The van der Waals surface area contributed by atoms with E-state index in [0.29, 0.717) is 6.61 Å². The minimum Gasteiger partial charge on any atom is -0.396 e. The quantitative estimate of drug-likeness (QED) is 0.824. The molecule has 0 atom stereocenters. The molecule has 1 aromatic carbocycles. The zero-order valence-electron chi connectivity index (χ0n) is 13.7. The molecular weight excluding hydrogens is 286 g/mol. The van der Waals surface area contributed by atoms with Gasteiger partial charge in [-0.25, -0.2) is 4.68 Å². The molecule has 4 nitrogen and oxygen atoms in total. The average Bonchev–Trinajstić information content (AvgIpc) is 3.06. The number of nitrogens with zero attached hydrogens (tertiary/aromatic N) is 2. The lowest BCUT2D eigenvalue weighted by molar-refractivity contribution is 0.126. The van der Waals surface area contributed by atoms with Crippen LogP contribution < -0.4 is 5.32 Å². The SMILES string of the molecule is OCCC1(CNCc2ccn(-c3ccccc3)n2)CCCCC1. The van der Waals surface area contributed by atoms with Gasteiger partial charge in [-0.05, 0) is 42.9 Å². The Labute approximate surface area is 138 Å². The van der Waals surface area contributed by atoms with Crippen LogP contribution >= 0.6 is 0 Å². The fourth-order valence-corrected chi connectivity index (χ4v) is 3.69. The summed E-state index contributed by atoms with van der Waals surface area (Å²) in [7, 11) is 0. The molecule has 0 unspecified atom stereocenters. The Kier molecular flexibility index (Phi) is 5.47. The predicted molar refractivity (Wildman–Crippen MR) is 92.5 cm³/mol. The summed E-state index contributed by atoms with van der Waals surface area (Å²) in [5.74, 6) is 0. The number of aliphatic hydroxyl groups is 1. The van der Waals surface area contributed by atoms with Crippen molar-refractivity contribution in [2.45, 2.75) is 45.1 Å². The van der Waals surface area contributed by atoms with E-state index in [0.717, 1.165) is 30.9 Å². The number of hydrogen-bond acceptors (Lipinski definition) is 3. The Morgan fingerprint density at radius 1 is 1.09 bits per heavy atom. The van der Waals surface area contributed by atoms with Gasteiger partial charge in [-0.1, -0.05) is 37.5 Å². The monoisotopic (exact) mass is 313 g/mol. The lowest BCUT2D eigenvalue weighted by Gasteiger charge is -2.37. The molecule has 4 heteroatoms. The molecule has 2 N–H and O–H groups in total. The molecule has 23 heavy (non-hydrogen) atoms. The lowest BCUT2D eigenvalue weighted by Crippen LogP contribution is -2.36. The Balaban J connectivity index is 1.55. The van der Waals surface area contributed by atoms with Crippen LogP contribution in [0.4, 0.5) is 0 Å². The number of aliphatic hydroxyl groups excluding tert-OH is 1. The topological polar surface area (TPSA) is 50.1 Å². The van der Waals surface area contributed by atoms with Crippen molar-refractivity contribution >= 4 is 0 Å². The summed E-state index contributed by atoms with van der Waals surface area (Å²) in [6.07, 6.45) is 9.33. The molecule has 1 saturated carbocycles. The summed E-state index contributed by atoms with van der Waals surface area (Å²) in [6.45, 7) is 2.06. The van der Waals surface area contributed by atoms with Crippen LogP contribution in [0.1, 0.15) is 44.2 Å². The maximum Gasteiger partial charge on any atom is 0.0766 e. The minimum atomic E-state index is 0.287. The molecule has 0 amide bonds. The molecule has 0 saturated heterocycles. The third-order valence-corrected chi connectivity index (χ3v) is 5.03. The van der Waals surface area contributed by atoms with Gasteiger partial charge in [-0.3, -0.25) is 0 Å². The van der Waals surface area contributed by atoms with E-state index in [1.165, 1.54) is 32.1 Å². The first-order valence-corrected chi connectivity index (χ1v) is 8.73. The molecule has 1 aliphatic carbocycles. The summed E-state index contributed by atoms with van der Waals surface area (Å²) < 4.78 is 1.92. The van der Waals surface area contributed by atoms with Crippen molar-refractivity contribution < 1.29 is 5.11 Å². The van der Waals surface area contributed by atoms with Gasteiger partial charge in [0, 0.05) is 25.9 Å². The summed E-state index contributed by atoms with van der Waals surface area (Å²) >= 11 is 0. The Morgan fingerprint density at radius 2 is 1.87 bits per heavy atom. The van der Waals surface area contributed by atoms with Crippen molar-refractivity contribution in [3.63, 3.8) is 0 Å². The van der Waals surface area contributed by atoms with E-state index in [9.17, 15) is 5.11 Å². The van der Waals surface area contributed by atoms with Crippen LogP contribution in [0, 0.1) is 5.41 Å². The number of benzene rings is 1. The van der Waals surface area contributed by atoms with Crippen LogP contribution in [0.2, 0.25) is 0 Å². The zero-order chi connectivity index (χ0) is 16.0. The van der Waals surface area contributed by atoms with Crippen LogP contribution in [0.15, 0.2) is 42.6 Å². The molecular formula is C19H27N3O. The van der Waals surface area contributed by atoms with Crippen LogP contribution in [0.25, 0.3) is 5.69 Å². The van der Waals surface area contributed by atoms with E-state index in [4.69, 9.17) is 0 Å². The normalized spacial score (nSPS) is 17.3. The van der Waals surface area contributed by atoms with Gasteiger partial charge in [0.2, 0.25) is 0 Å². The second kappa shape index (κ2) is 7.75. The molecule has 1 heterocycles. The van der Waals surface area contributed by atoms with Crippen molar-refractivity contribution in [1.29, 1.82) is 0 Å². The van der Waals surface area contributed by atoms with Crippen LogP contribution in [-0.4, -0.2) is 28.0 Å². The van der Waals surface area contributed by atoms with E-state index in [-0.39, 0.29) is 5.41 Å². The number of aromatic nitrogens is 2. The maximum absolute atomic E-state index is 9.39. The summed E-state index contributed by atoms with van der Waals surface area (Å²) in [4.78, 5) is 0. The molecule has 0 spiro atoms. The van der Waals surface area contributed by atoms with Gasteiger partial charge in [-0.15, -0.1) is 0 Å². The number of hydrogen-bond donors (Lipinski definition) is 2. The highest BCUT2D eigenvalue weighted by Gasteiger charge is 2.30.